The van der Waals surface area contributed by atoms with E-state index in [-0.39, 0.29) is 45.0 Å². The molecule has 5 heterocycles. The van der Waals surface area contributed by atoms with E-state index in [2.05, 4.69) is 78.7 Å². The number of ether oxygens (including phenoxy) is 2. The van der Waals surface area contributed by atoms with Crippen LogP contribution in [0.1, 0.15) is 84.1 Å². The molecule has 0 bridgehead atoms. The number of hydrogen-bond acceptors (Lipinski definition) is 13. The number of halogens is 1. The van der Waals surface area contributed by atoms with Crippen LogP contribution in [0.4, 0.5) is 0 Å². The molecule has 73 heavy (non-hydrogen) atoms. The van der Waals surface area contributed by atoms with E-state index in [9.17, 15) is 24.0 Å². The first-order chi connectivity index (χ1) is 34.9. The molecule has 2 aliphatic heterocycles. The Hall–Kier alpha value is -7.23. The first-order valence-corrected chi connectivity index (χ1v) is 25.2. The predicted molar refractivity (Wildman–Crippen MR) is 277 cm³/mol. The minimum atomic E-state index is -1.10. The number of likely N-dealkylation sites (tertiary alicyclic amines) is 1. The molecule has 1 saturated heterocycles. The van der Waals surface area contributed by atoms with Gasteiger partial charge >= 0.3 is 0 Å². The minimum absolute atomic E-state index is 0.0107. The predicted octanol–water partition coefficient (Wildman–Crippen LogP) is 6.43. The van der Waals surface area contributed by atoms with Crippen LogP contribution in [0.15, 0.2) is 64.1 Å². The molecule has 19 nitrogen and oxygen atoms in total. The summed E-state index contributed by atoms with van der Waals surface area (Å²) in [5.41, 5.74) is 16.0. The van der Waals surface area contributed by atoms with Gasteiger partial charge in [0.05, 0.1) is 40.9 Å². The average Bonchev–Trinajstić information content (AvgIpc) is 4.14. The van der Waals surface area contributed by atoms with Crippen LogP contribution in [0, 0.1) is 56.8 Å². The number of benzene rings is 2. The van der Waals surface area contributed by atoms with Gasteiger partial charge in [-0.15, -0.1) is 32.9 Å². The van der Waals surface area contributed by atoms with Crippen molar-refractivity contribution in [3.05, 3.63) is 114 Å². The molecule has 0 spiro atoms. The summed E-state index contributed by atoms with van der Waals surface area (Å²) in [4.78, 5) is 82.1. The third-order valence-electron chi connectivity index (χ3n) is 12.1. The Morgan fingerprint density at radius 1 is 0.959 bits per heavy atom. The lowest BCUT2D eigenvalue weighted by Gasteiger charge is -2.35. The van der Waals surface area contributed by atoms with Crippen molar-refractivity contribution in [2.24, 2.45) is 15.5 Å². The molecule has 0 radical (unpaired) electrons. The number of rotatable bonds is 16. The Kier molecular flexibility index (Phi) is 17.6. The van der Waals surface area contributed by atoms with Crippen molar-refractivity contribution in [1.29, 1.82) is 0 Å². The van der Waals surface area contributed by atoms with E-state index < -0.39 is 66.5 Å². The number of nitrogens with zero attached hydrogens (tertiary/aromatic N) is 9. The molecular weight excluding hydrogens is 992 g/mol. The molecule has 0 unspecified atom stereocenters. The number of azide groups is 1. The van der Waals surface area contributed by atoms with Gasteiger partial charge in [0.1, 0.15) is 48.8 Å². The lowest BCUT2D eigenvalue weighted by Crippen LogP contribution is -2.58. The Bertz CT molecular complexity index is 3110. The zero-order chi connectivity index (χ0) is 52.4. The molecule has 22 heteroatoms. The van der Waals surface area contributed by atoms with Gasteiger partial charge < -0.3 is 30.3 Å². The van der Waals surface area contributed by atoms with Crippen LogP contribution in [0.3, 0.4) is 0 Å². The normalized spacial score (nSPS) is 16.2. The third-order valence-corrected chi connectivity index (χ3v) is 14.5. The summed E-state index contributed by atoms with van der Waals surface area (Å²) >= 11 is 9.39. The van der Waals surface area contributed by atoms with Crippen LogP contribution in [-0.4, -0.2) is 111 Å². The molecule has 0 aliphatic carbocycles. The number of carbonyl (C=O) groups is 5. The topological polar surface area (TPSA) is 248 Å². The maximum absolute atomic E-state index is 14.3. The number of aryl methyl sites for hydroxylation is 3. The number of aromatic nitrogens is 4. The van der Waals surface area contributed by atoms with Crippen molar-refractivity contribution in [2.75, 3.05) is 32.9 Å². The average molecular weight is 1050 g/mol. The monoisotopic (exact) mass is 1040 g/mol. The lowest BCUT2D eigenvalue weighted by atomic mass is 9.85. The van der Waals surface area contributed by atoms with Gasteiger partial charge in [0, 0.05) is 45.4 Å². The Labute approximate surface area is 435 Å². The van der Waals surface area contributed by atoms with Gasteiger partial charge in [-0.3, -0.25) is 33.5 Å². The zero-order valence-electron chi connectivity index (χ0n) is 41.2. The number of thiophene rings is 1. The van der Waals surface area contributed by atoms with Crippen LogP contribution in [0.2, 0.25) is 5.02 Å². The van der Waals surface area contributed by atoms with E-state index in [4.69, 9.17) is 31.6 Å². The molecule has 1 fully saturated rings. The summed E-state index contributed by atoms with van der Waals surface area (Å²) in [5.74, 6) is 9.36. The Balaban J connectivity index is 0.916. The zero-order valence-corrected chi connectivity index (χ0v) is 43.6. The number of carbonyl (C=O) groups excluding carboxylic acids is 5. The Morgan fingerprint density at radius 2 is 1.68 bits per heavy atom. The summed E-state index contributed by atoms with van der Waals surface area (Å²) < 4.78 is 13.2. The first kappa shape index (κ1) is 53.6. The molecule has 5 amide bonds. The van der Waals surface area contributed by atoms with Crippen molar-refractivity contribution in [3.8, 4) is 39.1 Å². The highest BCUT2D eigenvalue weighted by molar-refractivity contribution is 7.15. The van der Waals surface area contributed by atoms with Crippen molar-refractivity contribution in [2.45, 2.75) is 92.1 Å². The standard InChI is InChI=1S/C51H53ClN12O7S2/c1-29-31(3)73-50-43(29)44(34-16-18-36(52)19-17-34)57-38(47-61-59-32(4)64(47)50)23-40(65)54-20-10-8-9-11-21-70-26-41(66)58-46(51(5,6)7)49(69)63-25-37(71-27-42(67)60-62-53)22-39(63)48(68)55-24-33-12-14-35(15-13-33)45-30(2)56-28-72-45/h12-19,28,37-39,46H,20-27H2,1-7H3,(H,54,65)(H,55,68)(H,58,66)/t37-,38+,39+,46-/m1/s1. The highest BCUT2D eigenvalue weighted by Crippen LogP contribution is 2.40. The summed E-state index contributed by atoms with van der Waals surface area (Å²) in [6.07, 6.45) is -0.704. The number of thiazole rings is 1. The summed E-state index contributed by atoms with van der Waals surface area (Å²) in [6, 6.07) is 12.4. The van der Waals surface area contributed by atoms with E-state index in [1.807, 2.05) is 66.9 Å². The molecule has 2 aliphatic rings. The Morgan fingerprint density at radius 3 is 2.38 bits per heavy atom. The smallest absolute Gasteiger partial charge is 0.246 e. The lowest BCUT2D eigenvalue weighted by molar-refractivity contribution is -0.144. The molecule has 3 aromatic heterocycles. The van der Waals surface area contributed by atoms with E-state index in [0.29, 0.717) is 16.7 Å². The van der Waals surface area contributed by atoms with Gasteiger partial charge in [-0.1, -0.05) is 80.6 Å². The summed E-state index contributed by atoms with van der Waals surface area (Å²) in [7, 11) is 0. The van der Waals surface area contributed by atoms with Crippen molar-refractivity contribution in [3.63, 3.8) is 0 Å². The molecule has 4 atom stereocenters. The van der Waals surface area contributed by atoms with Crippen molar-refractivity contribution < 1.29 is 33.4 Å². The van der Waals surface area contributed by atoms with Crippen LogP contribution >= 0.6 is 34.3 Å². The highest BCUT2D eigenvalue weighted by Gasteiger charge is 2.45. The number of hydrogen-bond donors (Lipinski definition) is 3. The number of amides is 5. The summed E-state index contributed by atoms with van der Waals surface area (Å²) in [5, 5.41) is 21.9. The fraction of sp³-hybridized carbons (Fsp3) is 0.392. The molecule has 3 N–H and O–H groups in total. The molecule has 0 saturated carbocycles. The maximum atomic E-state index is 14.3. The largest absolute Gasteiger partial charge is 0.368 e. The summed E-state index contributed by atoms with van der Waals surface area (Å²) in [6.45, 7) is 12.3. The fourth-order valence-electron chi connectivity index (χ4n) is 8.24. The maximum Gasteiger partial charge on any atom is 0.246 e. The van der Waals surface area contributed by atoms with Gasteiger partial charge in [0.25, 0.3) is 0 Å². The van der Waals surface area contributed by atoms with Gasteiger partial charge in [0.2, 0.25) is 29.5 Å². The van der Waals surface area contributed by atoms with E-state index in [1.165, 1.54) is 16.2 Å². The van der Waals surface area contributed by atoms with Gasteiger partial charge in [0.15, 0.2) is 5.82 Å². The second-order valence-electron chi connectivity index (χ2n) is 18.3. The first-order valence-electron chi connectivity index (χ1n) is 23.2. The SMILES string of the molecule is Cc1ncsc1-c1ccc(CNC(=O)[C@@H]2C[C@@H](OCC(=O)N=[N+]=[N-])CN2C(=O)[C@@H](NC(=O)COCC#CC#CCNC(=O)C[C@@H]2N=C(c3ccc(Cl)cc3)c3c(sc(C)c3C)-n3c(C)nnc32)C(C)(C)C)cc1. The van der Waals surface area contributed by atoms with Gasteiger partial charge in [-0.05, 0) is 84.4 Å². The molecule has 7 rings (SSSR count). The van der Waals surface area contributed by atoms with E-state index in [1.54, 1.807) is 37.6 Å². The number of aliphatic imine (C=N–C) groups is 1. The molecular formula is C51H53ClN12O7S2. The molecule has 378 valence electrons. The molecule has 2 aromatic carbocycles. The second kappa shape index (κ2) is 24.0. The van der Waals surface area contributed by atoms with E-state index in [0.717, 1.165) is 54.0 Å². The molecule has 5 aromatic rings. The van der Waals surface area contributed by atoms with Crippen molar-refractivity contribution >= 4 is 69.5 Å². The van der Waals surface area contributed by atoms with Crippen LogP contribution in [-0.2, 0) is 40.0 Å². The third kappa shape index (κ3) is 13.3. The quantitative estimate of drug-likeness (QED) is 0.0321. The van der Waals surface area contributed by atoms with Crippen molar-refractivity contribution in [1.82, 2.24) is 40.6 Å². The second-order valence-corrected chi connectivity index (χ2v) is 20.8. The highest BCUT2D eigenvalue weighted by atomic mass is 35.5. The number of nitrogens with one attached hydrogen (secondary N) is 3. The van der Waals surface area contributed by atoms with Crippen LogP contribution in [0.25, 0.3) is 25.9 Å². The fourth-order valence-corrected chi connectivity index (χ4v) is 10.4. The number of fused-ring (bicyclic) bond motifs is 3. The van der Waals surface area contributed by atoms with Gasteiger partial charge in [-0.2, -0.15) is 0 Å². The van der Waals surface area contributed by atoms with E-state index >= 15 is 0 Å². The van der Waals surface area contributed by atoms with Crippen LogP contribution < -0.4 is 16.0 Å². The minimum Gasteiger partial charge on any atom is -0.368 e. The van der Waals surface area contributed by atoms with Crippen LogP contribution in [0.5, 0.6) is 0 Å². The van der Waals surface area contributed by atoms with Gasteiger partial charge in [-0.25, -0.2) is 4.98 Å².